The fourth-order valence-corrected chi connectivity index (χ4v) is 3.71. The van der Waals surface area contributed by atoms with Crippen LogP contribution in [-0.4, -0.2) is 35.0 Å². The number of nitrogens with zero attached hydrogens (tertiary/aromatic N) is 3. The molecule has 1 saturated heterocycles. The Bertz CT molecular complexity index is 900. The molecule has 25 heavy (non-hydrogen) atoms. The number of fused-ring (bicyclic) bond motifs is 1. The lowest BCUT2D eigenvalue weighted by atomic mass is 9.95. The molecule has 1 fully saturated rings. The first-order valence-corrected chi connectivity index (χ1v) is 8.91. The molecule has 0 unspecified atom stereocenters. The van der Waals surface area contributed by atoms with Crippen LogP contribution in [0.1, 0.15) is 24.6 Å². The van der Waals surface area contributed by atoms with E-state index in [2.05, 4.69) is 11.9 Å². The highest BCUT2D eigenvalue weighted by atomic mass is 35.5. The third kappa shape index (κ3) is 3.12. The van der Waals surface area contributed by atoms with Gasteiger partial charge >= 0.3 is 0 Å². The van der Waals surface area contributed by atoms with Crippen LogP contribution in [-0.2, 0) is 0 Å². The first kappa shape index (κ1) is 16.4. The molecule has 0 atom stereocenters. The third-order valence-electron chi connectivity index (χ3n) is 4.90. The maximum absolute atomic E-state index is 14.5. The van der Waals surface area contributed by atoms with E-state index in [9.17, 15) is 4.39 Å². The summed E-state index contributed by atoms with van der Waals surface area (Å²) < 4.78 is 14.5. The van der Waals surface area contributed by atoms with Gasteiger partial charge in [-0.3, -0.25) is 0 Å². The molecule has 0 aliphatic carbocycles. The highest BCUT2D eigenvalue weighted by Crippen LogP contribution is 2.35. The number of halogens is 2. The molecular weight excluding hydrogens is 337 g/mol. The van der Waals surface area contributed by atoms with Crippen LogP contribution in [0.4, 0.5) is 4.39 Å². The summed E-state index contributed by atoms with van der Waals surface area (Å²) in [5, 5.41) is 1.20. The van der Waals surface area contributed by atoms with Crippen molar-refractivity contribution in [3.05, 3.63) is 59.1 Å². The molecule has 2 aromatic carbocycles. The number of likely N-dealkylation sites (tertiary alicyclic amines) is 1. The van der Waals surface area contributed by atoms with Gasteiger partial charge in [0.1, 0.15) is 11.6 Å². The number of para-hydroxylation sites is 1. The van der Waals surface area contributed by atoms with E-state index in [1.54, 1.807) is 12.1 Å². The van der Waals surface area contributed by atoms with Crippen LogP contribution in [0.25, 0.3) is 22.2 Å². The normalized spacial score (nSPS) is 16.4. The number of hydrogen-bond donors (Lipinski definition) is 0. The van der Waals surface area contributed by atoms with Gasteiger partial charge in [0.25, 0.3) is 0 Å². The molecule has 0 radical (unpaired) electrons. The second-order valence-corrected chi connectivity index (χ2v) is 7.03. The predicted octanol–water partition coefficient (Wildman–Crippen LogP) is 4.90. The molecule has 5 heteroatoms. The van der Waals surface area contributed by atoms with Crippen LogP contribution < -0.4 is 0 Å². The van der Waals surface area contributed by atoms with E-state index in [1.165, 1.54) is 6.07 Å². The third-order valence-corrected chi connectivity index (χ3v) is 5.22. The topological polar surface area (TPSA) is 29.0 Å². The van der Waals surface area contributed by atoms with Crippen molar-refractivity contribution < 1.29 is 4.39 Å². The molecule has 0 amide bonds. The molecule has 3 nitrogen and oxygen atoms in total. The summed E-state index contributed by atoms with van der Waals surface area (Å²) >= 11 is 6.31. The molecule has 0 spiro atoms. The van der Waals surface area contributed by atoms with Crippen molar-refractivity contribution in [2.45, 2.75) is 18.8 Å². The van der Waals surface area contributed by atoms with E-state index in [0.29, 0.717) is 22.2 Å². The minimum atomic E-state index is -0.356. The van der Waals surface area contributed by atoms with Crippen LogP contribution in [0.5, 0.6) is 0 Å². The summed E-state index contributed by atoms with van der Waals surface area (Å²) in [6.07, 6.45) is 2.03. The van der Waals surface area contributed by atoms with Gasteiger partial charge in [0.15, 0.2) is 0 Å². The van der Waals surface area contributed by atoms with Gasteiger partial charge in [0.05, 0.1) is 21.8 Å². The minimum absolute atomic E-state index is 0.296. The summed E-state index contributed by atoms with van der Waals surface area (Å²) in [7, 11) is 2.13. The van der Waals surface area contributed by atoms with Crippen molar-refractivity contribution in [1.82, 2.24) is 14.9 Å². The van der Waals surface area contributed by atoms with Gasteiger partial charge in [-0.2, -0.15) is 0 Å². The van der Waals surface area contributed by atoms with Crippen LogP contribution in [0, 0.1) is 5.82 Å². The van der Waals surface area contributed by atoms with Crippen LogP contribution in [0.15, 0.2) is 42.5 Å². The summed E-state index contributed by atoms with van der Waals surface area (Å²) in [5.74, 6) is 0.733. The molecule has 0 bridgehead atoms. The van der Waals surface area contributed by atoms with E-state index in [0.717, 1.165) is 42.7 Å². The second-order valence-electron chi connectivity index (χ2n) is 6.62. The maximum atomic E-state index is 14.5. The van der Waals surface area contributed by atoms with Gasteiger partial charge in [0.2, 0.25) is 0 Å². The van der Waals surface area contributed by atoms with E-state index in [1.807, 2.05) is 24.3 Å². The van der Waals surface area contributed by atoms with E-state index in [4.69, 9.17) is 21.6 Å². The summed E-state index contributed by atoms with van der Waals surface area (Å²) in [5.41, 5.74) is 1.78. The lowest BCUT2D eigenvalue weighted by molar-refractivity contribution is 0.251. The van der Waals surface area contributed by atoms with E-state index in [-0.39, 0.29) is 5.82 Å². The maximum Gasteiger partial charge on any atom is 0.134 e. The van der Waals surface area contributed by atoms with Crippen LogP contribution in [0.2, 0.25) is 5.02 Å². The fourth-order valence-electron chi connectivity index (χ4n) is 3.46. The van der Waals surface area contributed by atoms with Gasteiger partial charge in [-0.25, -0.2) is 14.4 Å². The Balaban J connectivity index is 1.91. The summed E-state index contributed by atoms with van der Waals surface area (Å²) in [4.78, 5) is 11.9. The largest absolute Gasteiger partial charge is 0.306 e. The van der Waals surface area contributed by atoms with Crippen molar-refractivity contribution in [3.63, 3.8) is 0 Å². The molecule has 0 N–H and O–H groups in total. The van der Waals surface area contributed by atoms with Crippen molar-refractivity contribution in [2.75, 3.05) is 20.1 Å². The van der Waals surface area contributed by atoms with Crippen molar-refractivity contribution in [2.24, 2.45) is 0 Å². The number of piperidine rings is 1. The molecule has 3 aromatic rings. The molecule has 0 saturated carbocycles. The number of hydrogen-bond acceptors (Lipinski definition) is 3. The number of rotatable bonds is 2. The number of aromatic nitrogens is 2. The van der Waals surface area contributed by atoms with Crippen LogP contribution in [0.3, 0.4) is 0 Å². The standard InChI is InChI=1S/C20H19ClFN3/c1-25-11-9-13(10-12-25)20-23-17-8-3-2-5-14(17)19(24-20)18-15(21)6-4-7-16(18)22/h2-8,13H,9-12H2,1H3. The predicted molar refractivity (Wildman–Crippen MR) is 99.4 cm³/mol. The monoisotopic (exact) mass is 355 g/mol. The minimum Gasteiger partial charge on any atom is -0.306 e. The summed E-state index contributed by atoms with van der Waals surface area (Å²) in [6, 6.07) is 12.5. The van der Waals surface area contributed by atoms with Gasteiger partial charge in [-0.15, -0.1) is 0 Å². The van der Waals surface area contributed by atoms with Gasteiger partial charge < -0.3 is 4.90 Å². The average Bonchev–Trinajstić information content (AvgIpc) is 2.62. The Morgan fingerprint density at radius 2 is 1.80 bits per heavy atom. The Kier molecular flexibility index (Phi) is 4.40. The quantitative estimate of drug-likeness (QED) is 0.654. The second kappa shape index (κ2) is 6.70. The van der Waals surface area contributed by atoms with E-state index < -0.39 is 0 Å². The lowest BCUT2D eigenvalue weighted by Gasteiger charge is -2.28. The zero-order valence-electron chi connectivity index (χ0n) is 14.0. The van der Waals surface area contributed by atoms with Gasteiger partial charge in [0, 0.05) is 11.3 Å². The Morgan fingerprint density at radius 1 is 1.04 bits per heavy atom. The molecule has 1 aliphatic rings. The fraction of sp³-hybridized carbons (Fsp3) is 0.300. The first-order valence-electron chi connectivity index (χ1n) is 8.53. The van der Waals surface area contributed by atoms with Crippen LogP contribution >= 0.6 is 11.6 Å². The van der Waals surface area contributed by atoms with Gasteiger partial charge in [-0.05, 0) is 51.2 Å². The molecule has 4 rings (SSSR count). The zero-order chi connectivity index (χ0) is 17.4. The Morgan fingerprint density at radius 3 is 2.56 bits per heavy atom. The first-order chi connectivity index (χ1) is 12.1. The average molecular weight is 356 g/mol. The zero-order valence-corrected chi connectivity index (χ0v) is 14.8. The van der Waals surface area contributed by atoms with Crippen molar-refractivity contribution >= 4 is 22.5 Å². The molecule has 1 aliphatic heterocycles. The highest BCUT2D eigenvalue weighted by molar-refractivity contribution is 6.33. The van der Waals surface area contributed by atoms with Gasteiger partial charge in [-0.1, -0.05) is 35.9 Å². The SMILES string of the molecule is CN1CCC(c2nc(-c3c(F)cccc3Cl)c3ccccc3n2)CC1. The lowest BCUT2D eigenvalue weighted by Crippen LogP contribution is -2.30. The van der Waals surface area contributed by atoms with E-state index >= 15 is 0 Å². The smallest absolute Gasteiger partial charge is 0.134 e. The molecule has 2 heterocycles. The molecular formula is C20H19ClFN3. The Hall–Kier alpha value is -2.04. The molecule has 128 valence electrons. The highest BCUT2D eigenvalue weighted by Gasteiger charge is 2.23. The number of benzene rings is 2. The summed E-state index contributed by atoms with van der Waals surface area (Å²) in [6.45, 7) is 2.05. The van der Waals surface area contributed by atoms with Crippen molar-refractivity contribution in [3.8, 4) is 11.3 Å². The van der Waals surface area contributed by atoms with Crippen molar-refractivity contribution in [1.29, 1.82) is 0 Å². The Labute approximate surface area is 151 Å². The molecule has 1 aromatic heterocycles.